The number of hydrogen-bond acceptors (Lipinski definition) is 7. The molecule has 13 heteroatoms. The van der Waals surface area contributed by atoms with Crippen LogP contribution in [0.3, 0.4) is 0 Å². The molecular weight excluding hydrogens is 663 g/mol. The van der Waals surface area contributed by atoms with Gasteiger partial charge in [-0.15, -0.1) is 0 Å². The highest BCUT2D eigenvalue weighted by Gasteiger charge is 2.20. The van der Waals surface area contributed by atoms with Gasteiger partial charge in [-0.1, -0.05) is 18.2 Å². The molecule has 4 heterocycles. The number of aromatic nitrogens is 5. The lowest BCUT2D eigenvalue weighted by molar-refractivity contribution is 0.0662. The van der Waals surface area contributed by atoms with E-state index in [0.717, 1.165) is 30.5 Å². The van der Waals surface area contributed by atoms with Gasteiger partial charge in [-0.05, 0) is 66.4 Å². The molecule has 6 aromatic rings. The summed E-state index contributed by atoms with van der Waals surface area (Å²) < 4.78 is 66.4. The highest BCUT2D eigenvalue weighted by atomic mass is 19.1. The number of carboxylic acid groups (broad SMARTS) is 1. The summed E-state index contributed by atoms with van der Waals surface area (Å²) in [4.78, 5) is 20.5. The molecule has 0 saturated carbocycles. The van der Waals surface area contributed by atoms with Gasteiger partial charge in [-0.2, -0.15) is 5.10 Å². The monoisotopic (exact) mass is 697 g/mol. The van der Waals surface area contributed by atoms with Crippen LogP contribution in [0, 0.1) is 17.5 Å². The number of rotatable bonds is 12. The maximum atomic E-state index is 15.6. The van der Waals surface area contributed by atoms with E-state index in [1.807, 2.05) is 10.9 Å². The molecule has 1 N–H and O–H groups in total. The van der Waals surface area contributed by atoms with Crippen molar-refractivity contribution in [2.24, 2.45) is 0 Å². The number of methoxy groups -OCH3 is 1. The third kappa shape index (κ3) is 7.35. The number of pyridine rings is 1. The van der Waals surface area contributed by atoms with E-state index in [4.69, 9.17) is 14.2 Å². The Morgan fingerprint density at radius 3 is 2.55 bits per heavy atom. The third-order valence-electron chi connectivity index (χ3n) is 9.01. The Kier molecular flexibility index (Phi) is 9.82. The number of benzene rings is 3. The zero-order chi connectivity index (χ0) is 35.5. The molecule has 1 fully saturated rings. The number of imidazole rings is 1. The van der Waals surface area contributed by atoms with E-state index in [9.17, 15) is 9.90 Å². The maximum absolute atomic E-state index is 15.6. The molecule has 51 heavy (non-hydrogen) atoms. The standard InChI is InChI=1S/C38H34F3N5O5/c1-49-14-11-45-35-17-24(38(47)48)7-8-34(35)43-36(45)18-26-16-32(41)29(19-31(26)40)33-3-2-4-37(44-33)51-22-25-6-5-23(15-30(25)39)27-20-42-46(21-27)28-9-12-50-13-10-28/h2-8,15-17,19-21,28H,9-14,18,22H2,1H3,(H,47,48). The van der Waals surface area contributed by atoms with E-state index in [1.165, 1.54) is 31.4 Å². The predicted molar refractivity (Wildman–Crippen MR) is 182 cm³/mol. The Morgan fingerprint density at radius 2 is 1.76 bits per heavy atom. The van der Waals surface area contributed by atoms with Crippen molar-refractivity contribution in [3.8, 4) is 28.3 Å². The molecule has 0 aliphatic carbocycles. The number of carbonyl (C=O) groups is 1. The minimum Gasteiger partial charge on any atom is -0.478 e. The molecule has 1 aliphatic heterocycles. The number of aromatic carboxylic acids is 1. The number of hydrogen-bond donors (Lipinski definition) is 1. The van der Waals surface area contributed by atoms with E-state index < -0.39 is 23.4 Å². The second kappa shape index (κ2) is 14.8. The molecule has 0 bridgehead atoms. The summed E-state index contributed by atoms with van der Waals surface area (Å²) in [5, 5.41) is 13.9. The minimum atomic E-state index is -1.09. The van der Waals surface area contributed by atoms with Crippen LogP contribution in [-0.2, 0) is 29.0 Å². The second-order valence-corrected chi connectivity index (χ2v) is 12.3. The molecule has 0 unspecified atom stereocenters. The first-order valence-corrected chi connectivity index (χ1v) is 16.5. The van der Waals surface area contributed by atoms with Crippen molar-refractivity contribution in [2.45, 2.75) is 38.5 Å². The average Bonchev–Trinajstić information content (AvgIpc) is 3.77. The molecule has 0 spiro atoms. The zero-order valence-electron chi connectivity index (χ0n) is 27.7. The molecule has 0 radical (unpaired) electrons. The van der Waals surface area contributed by atoms with Gasteiger partial charge in [-0.25, -0.2) is 27.9 Å². The van der Waals surface area contributed by atoms with Crippen LogP contribution < -0.4 is 4.74 Å². The van der Waals surface area contributed by atoms with Gasteiger partial charge in [-0.3, -0.25) is 4.68 Å². The summed E-state index contributed by atoms with van der Waals surface area (Å²) in [6, 6.07) is 16.5. The fourth-order valence-corrected chi connectivity index (χ4v) is 6.24. The van der Waals surface area contributed by atoms with E-state index in [2.05, 4.69) is 15.1 Å². The predicted octanol–water partition coefficient (Wildman–Crippen LogP) is 7.25. The summed E-state index contributed by atoms with van der Waals surface area (Å²) in [5.74, 6) is -2.37. The van der Waals surface area contributed by atoms with Crippen molar-refractivity contribution in [3.63, 3.8) is 0 Å². The summed E-state index contributed by atoms with van der Waals surface area (Å²) in [7, 11) is 1.53. The van der Waals surface area contributed by atoms with E-state index >= 15 is 13.2 Å². The smallest absolute Gasteiger partial charge is 0.335 e. The lowest BCUT2D eigenvalue weighted by Gasteiger charge is -2.22. The van der Waals surface area contributed by atoms with Gasteiger partial charge in [0.2, 0.25) is 5.88 Å². The first-order valence-electron chi connectivity index (χ1n) is 16.5. The van der Waals surface area contributed by atoms with E-state index in [-0.39, 0.29) is 47.3 Å². The Balaban J connectivity index is 1.06. The van der Waals surface area contributed by atoms with Gasteiger partial charge >= 0.3 is 5.97 Å². The van der Waals surface area contributed by atoms with Crippen molar-refractivity contribution in [2.75, 3.05) is 26.9 Å². The lowest BCUT2D eigenvalue weighted by Crippen LogP contribution is -2.19. The SMILES string of the molecule is COCCn1c(Cc2cc(F)c(-c3cccc(OCc4ccc(-c5cnn(C6CCOCC6)c5)cc4F)n3)cc2F)nc2ccc(C(=O)O)cc21. The number of halogens is 3. The molecule has 7 rings (SSSR count). The number of nitrogens with zero attached hydrogens (tertiary/aromatic N) is 5. The van der Waals surface area contributed by atoms with Crippen LogP contribution in [0.4, 0.5) is 13.2 Å². The highest BCUT2D eigenvalue weighted by Crippen LogP contribution is 2.30. The molecule has 0 atom stereocenters. The normalized spacial score (nSPS) is 13.6. The van der Waals surface area contributed by atoms with Gasteiger partial charge in [0.25, 0.3) is 0 Å². The largest absolute Gasteiger partial charge is 0.478 e. The van der Waals surface area contributed by atoms with Gasteiger partial charge in [0.15, 0.2) is 0 Å². The third-order valence-corrected chi connectivity index (χ3v) is 9.01. The Hall–Kier alpha value is -5.53. The van der Waals surface area contributed by atoms with Gasteiger partial charge in [0, 0.05) is 62.2 Å². The molecule has 1 saturated heterocycles. The molecule has 1 aliphatic rings. The van der Waals surface area contributed by atoms with Crippen molar-refractivity contribution in [3.05, 3.63) is 119 Å². The molecule has 3 aromatic heterocycles. The van der Waals surface area contributed by atoms with E-state index in [0.29, 0.717) is 54.4 Å². The van der Waals surface area contributed by atoms with Crippen LogP contribution in [0.2, 0.25) is 0 Å². The summed E-state index contributed by atoms with van der Waals surface area (Å²) in [6.07, 6.45) is 5.36. The number of fused-ring (bicyclic) bond motifs is 1. The number of ether oxygens (including phenoxy) is 3. The fourth-order valence-electron chi connectivity index (χ4n) is 6.24. The van der Waals surface area contributed by atoms with Crippen LogP contribution in [0.5, 0.6) is 5.88 Å². The van der Waals surface area contributed by atoms with Gasteiger partial charge < -0.3 is 23.9 Å². The van der Waals surface area contributed by atoms with Crippen LogP contribution in [-0.4, -0.2) is 62.3 Å². The van der Waals surface area contributed by atoms with Crippen LogP contribution in [0.1, 0.15) is 46.2 Å². The van der Waals surface area contributed by atoms with E-state index in [1.54, 1.807) is 41.1 Å². The Labute approximate surface area is 291 Å². The summed E-state index contributed by atoms with van der Waals surface area (Å²) in [6.45, 7) is 1.90. The first-order chi connectivity index (χ1) is 24.8. The maximum Gasteiger partial charge on any atom is 0.335 e. The lowest BCUT2D eigenvalue weighted by atomic mass is 10.0. The van der Waals surface area contributed by atoms with Crippen LogP contribution in [0.25, 0.3) is 33.4 Å². The summed E-state index contributed by atoms with van der Waals surface area (Å²) in [5.41, 5.74) is 3.09. The molecule has 3 aromatic carbocycles. The topological polar surface area (TPSA) is 114 Å². The highest BCUT2D eigenvalue weighted by molar-refractivity contribution is 5.92. The first kappa shape index (κ1) is 33.9. The quantitative estimate of drug-likeness (QED) is 0.142. The molecule has 262 valence electrons. The fraction of sp³-hybridized carbons (Fsp3) is 0.263. The zero-order valence-corrected chi connectivity index (χ0v) is 27.7. The van der Waals surface area contributed by atoms with Crippen molar-refractivity contribution < 1.29 is 37.3 Å². The second-order valence-electron chi connectivity index (χ2n) is 12.3. The Bertz CT molecular complexity index is 2210. The van der Waals surface area contributed by atoms with Crippen molar-refractivity contribution in [1.29, 1.82) is 0 Å². The van der Waals surface area contributed by atoms with Crippen LogP contribution >= 0.6 is 0 Å². The van der Waals surface area contributed by atoms with Gasteiger partial charge in [0.1, 0.15) is 29.9 Å². The van der Waals surface area contributed by atoms with Crippen molar-refractivity contribution in [1.82, 2.24) is 24.3 Å². The Morgan fingerprint density at radius 1 is 0.941 bits per heavy atom. The minimum absolute atomic E-state index is 0.0525. The molecule has 0 amide bonds. The average molecular weight is 698 g/mol. The molecular formula is C38H34F3N5O5. The van der Waals surface area contributed by atoms with Crippen LogP contribution in [0.15, 0.2) is 79.1 Å². The van der Waals surface area contributed by atoms with Crippen molar-refractivity contribution >= 4 is 17.0 Å². The molecule has 10 nitrogen and oxygen atoms in total. The van der Waals surface area contributed by atoms with Gasteiger partial charge in [0.05, 0.1) is 41.1 Å². The number of carboxylic acids is 1. The summed E-state index contributed by atoms with van der Waals surface area (Å²) >= 11 is 0.